The van der Waals surface area contributed by atoms with Crippen molar-refractivity contribution in [2.24, 2.45) is 0 Å². The van der Waals surface area contributed by atoms with Crippen molar-refractivity contribution in [3.05, 3.63) is 23.4 Å². The number of hydrogen-bond acceptors (Lipinski definition) is 4. The highest BCUT2D eigenvalue weighted by molar-refractivity contribution is 7.84. The van der Waals surface area contributed by atoms with Crippen molar-refractivity contribution in [1.29, 1.82) is 0 Å². The fourth-order valence-corrected chi connectivity index (χ4v) is 2.52. The maximum atomic E-state index is 12.1. The SMILES string of the molecule is CCc1cc(C(=O)NC(C)CS(C)=O)cc(NC)n1. The molecule has 0 fully saturated rings. The normalized spacial score (nSPS) is 13.7. The lowest BCUT2D eigenvalue weighted by atomic mass is 10.1. The molecule has 6 heteroatoms. The number of rotatable bonds is 6. The zero-order valence-electron chi connectivity index (χ0n) is 11.8. The average Bonchev–Trinajstić information content (AvgIpc) is 2.36. The third kappa shape index (κ3) is 4.98. The Morgan fingerprint density at radius 2 is 2.16 bits per heavy atom. The molecule has 0 saturated carbocycles. The molecular weight excluding hydrogens is 262 g/mol. The number of nitrogens with one attached hydrogen (secondary N) is 2. The maximum Gasteiger partial charge on any atom is 0.251 e. The first-order chi connectivity index (χ1) is 8.96. The Kier molecular flexibility index (Phi) is 5.95. The smallest absolute Gasteiger partial charge is 0.251 e. The van der Waals surface area contributed by atoms with E-state index in [2.05, 4.69) is 15.6 Å². The van der Waals surface area contributed by atoms with Crippen molar-refractivity contribution in [3.8, 4) is 0 Å². The van der Waals surface area contributed by atoms with Gasteiger partial charge in [0.2, 0.25) is 0 Å². The largest absolute Gasteiger partial charge is 0.373 e. The Hall–Kier alpha value is -1.43. The van der Waals surface area contributed by atoms with Crippen molar-refractivity contribution in [3.63, 3.8) is 0 Å². The van der Waals surface area contributed by atoms with Gasteiger partial charge in [0.15, 0.2) is 0 Å². The molecule has 5 nitrogen and oxygen atoms in total. The van der Waals surface area contributed by atoms with E-state index in [-0.39, 0.29) is 11.9 Å². The number of anilines is 1. The van der Waals surface area contributed by atoms with E-state index in [1.54, 1.807) is 25.4 Å². The van der Waals surface area contributed by atoms with Crippen molar-refractivity contribution >= 4 is 22.5 Å². The Bertz CT molecular complexity index is 455. The quantitative estimate of drug-likeness (QED) is 0.822. The van der Waals surface area contributed by atoms with Crippen LogP contribution in [0, 0.1) is 0 Å². The van der Waals surface area contributed by atoms with Crippen LogP contribution in [0.5, 0.6) is 0 Å². The van der Waals surface area contributed by atoms with E-state index in [9.17, 15) is 9.00 Å². The second-order valence-corrected chi connectivity index (χ2v) is 5.93. The average molecular weight is 283 g/mol. The number of hydrogen-bond donors (Lipinski definition) is 2. The fourth-order valence-electron chi connectivity index (χ4n) is 1.73. The fraction of sp³-hybridized carbons (Fsp3) is 0.538. The number of amides is 1. The minimum atomic E-state index is -0.920. The molecule has 0 saturated heterocycles. The van der Waals surface area contributed by atoms with Gasteiger partial charge in [0.1, 0.15) is 5.82 Å². The van der Waals surface area contributed by atoms with Crippen LogP contribution in [0.25, 0.3) is 0 Å². The molecule has 0 aromatic carbocycles. The minimum Gasteiger partial charge on any atom is -0.373 e. The summed E-state index contributed by atoms with van der Waals surface area (Å²) in [6.07, 6.45) is 2.40. The molecule has 1 aromatic rings. The van der Waals surface area contributed by atoms with E-state index in [0.717, 1.165) is 12.1 Å². The molecule has 0 spiro atoms. The first kappa shape index (κ1) is 15.6. The Morgan fingerprint density at radius 3 is 2.68 bits per heavy atom. The van der Waals surface area contributed by atoms with Gasteiger partial charge in [-0.25, -0.2) is 4.98 Å². The molecule has 2 atom stereocenters. The number of aryl methyl sites for hydroxylation is 1. The van der Waals surface area contributed by atoms with Gasteiger partial charge >= 0.3 is 0 Å². The second-order valence-electron chi connectivity index (χ2n) is 4.45. The lowest BCUT2D eigenvalue weighted by Crippen LogP contribution is -2.36. The zero-order valence-corrected chi connectivity index (χ0v) is 12.6. The van der Waals surface area contributed by atoms with Crippen molar-refractivity contribution in [1.82, 2.24) is 10.3 Å². The first-order valence-electron chi connectivity index (χ1n) is 6.25. The van der Waals surface area contributed by atoms with Crippen molar-refractivity contribution in [2.75, 3.05) is 24.4 Å². The molecule has 0 aliphatic carbocycles. The highest BCUT2D eigenvalue weighted by atomic mass is 32.2. The lowest BCUT2D eigenvalue weighted by molar-refractivity contribution is 0.0943. The summed E-state index contributed by atoms with van der Waals surface area (Å²) in [6, 6.07) is 3.38. The van der Waals surface area contributed by atoms with E-state index >= 15 is 0 Å². The van der Waals surface area contributed by atoms with E-state index in [0.29, 0.717) is 17.1 Å². The summed E-state index contributed by atoms with van der Waals surface area (Å²) < 4.78 is 11.1. The van der Waals surface area contributed by atoms with Crippen LogP contribution in [-0.2, 0) is 17.2 Å². The van der Waals surface area contributed by atoms with Gasteiger partial charge < -0.3 is 10.6 Å². The highest BCUT2D eigenvalue weighted by Gasteiger charge is 2.12. The standard InChI is InChI=1S/C13H21N3O2S/c1-5-11-6-10(7-12(14-3)16-11)13(17)15-9(2)8-19(4)18/h6-7,9H,5,8H2,1-4H3,(H,14,16)(H,15,17). The number of pyridine rings is 1. The number of nitrogens with zero attached hydrogens (tertiary/aromatic N) is 1. The molecule has 106 valence electrons. The van der Waals surface area contributed by atoms with Crippen LogP contribution >= 0.6 is 0 Å². The molecular formula is C13H21N3O2S. The van der Waals surface area contributed by atoms with Crippen molar-refractivity contribution in [2.45, 2.75) is 26.3 Å². The van der Waals surface area contributed by atoms with Crippen LogP contribution in [0.1, 0.15) is 29.9 Å². The summed E-state index contributed by atoms with van der Waals surface area (Å²) in [6.45, 7) is 3.84. The van der Waals surface area contributed by atoms with Crippen LogP contribution in [0.15, 0.2) is 12.1 Å². The molecule has 1 rings (SSSR count). The summed E-state index contributed by atoms with van der Waals surface area (Å²) in [7, 11) is 0.850. The third-order valence-electron chi connectivity index (χ3n) is 2.62. The van der Waals surface area contributed by atoms with Gasteiger partial charge in [-0.15, -0.1) is 0 Å². The molecule has 1 amide bonds. The van der Waals surface area contributed by atoms with E-state index in [1.165, 1.54) is 0 Å². The van der Waals surface area contributed by atoms with Crippen LogP contribution < -0.4 is 10.6 Å². The van der Waals surface area contributed by atoms with Gasteiger partial charge in [0.05, 0.1) is 0 Å². The Balaban J connectivity index is 2.83. The van der Waals surface area contributed by atoms with Crippen LogP contribution in [-0.4, -0.2) is 40.2 Å². The first-order valence-corrected chi connectivity index (χ1v) is 7.98. The number of carbonyl (C=O) groups excluding carboxylic acids is 1. The summed E-state index contributed by atoms with van der Waals surface area (Å²) in [5.41, 5.74) is 1.44. The minimum absolute atomic E-state index is 0.116. The molecule has 0 aliphatic rings. The topological polar surface area (TPSA) is 71.1 Å². The Labute approximate surface area is 116 Å². The highest BCUT2D eigenvalue weighted by Crippen LogP contribution is 2.11. The predicted molar refractivity (Wildman–Crippen MR) is 79.0 cm³/mol. The Morgan fingerprint density at radius 1 is 1.47 bits per heavy atom. The molecule has 2 N–H and O–H groups in total. The molecule has 0 radical (unpaired) electrons. The zero-order chi connectivity index (χ0) is 14.4. The maximum absolute atomic E-state index is 12.1. The van der Waals surface area contributed by atoms with Crippen molar-refractivity contribution < 1.29 is 9.00 Å². The van der Waals surface area contributed by atoms with Crippen LogP contribution in [0.4, 0.5) is 5.82 Å². The van der Waals surface area contributed by atoms with Gasteiger partial charge in [-0.1, -0.05) is 6.92 Å². The molecule has 1 aromatic heterocycles. The number of aromatic nitrogens is 1. The molecule has 0 bridgehead atoms. The van der Waals surface area contributed by atoms with Crippen LogP contribution in [0.2, 0.25) is 0 Å². The van der Waals surface area contributed by atoms with E-state index in [4.69, 9.17) is 0 Å². The summed E-state index contributed by atoms with van der Waals surface area (Å²) >= 11 is 0. The number of carbonyl (C=O) groups is 1. The lowest BCUT2D eigenvalue weighted by Gasteiger charge is -2.13. The monoisotopic (exact) mass is 283 g/mol. The summed E-state index contributed by atoms with van der Waals surface area (Å²) in [5, 5.41) is 5.79. The third-order valence-corrected chi connectivity index (χ3v) is 3.59. The van der Waals surface area contributed by atoms with Gasteiger partial charge in [-0.3, -0.25) is 9.00 Å². The van der Waals surface area contributed by atoms with Gasteiger partial charge in [-0.05, 0) is 25.5 Å². The summed E-state index contributed by atoms with van der Waals surface area (Å²) in [5.74, 6) is 0.971. The molecule has 1 heterocycles. The molecule has 19 heavy (non-hydrogen) atoms. The van der Waals surface area contributed by atoms with Gasteiger partial charge in [0.25, 0.3) is 5.91 Å². The predicted octanol–water partition coefficient (Wildman–Crippen LogP) is 1.18. The van der Waals surface area contributed by atoms with E-state index in [1.807, 2.05) is 13.8 Å². The van der Waals surface area contributed by atoms with Gasteiger partial charge in [0, 0.05) is 47.2 Å². The van der Waals surface area contributed by atoms with Gasteiger partial charge in [-0.2, -0.15) is 0 Å². The molecule has 2 unspecified atom stereocenters. The molecule has 0 aliphatic heterocycles. The van der Waals surface area contributed by atoms with E-state index < -0.39 is 10.8 Å². The van der Waals surface area contributed by atoms with Crippen LogP contribution in [0.3, 0.4) is 0 Å². The second kappa shape index (κ2) is 7.23. The summed E-state index contributed by atoms with van der Waals surface area (Å²) in [4.78, 5) is 16.4.